The second-order valence-corrected chi connectivity index (χ2v) is 7.66. The van der Waals surface area contributed by atoms with Gasteiger partial charge in [0.25, 0.3) is 0 Å². The van der Waals surface area contributed by atoms with Crippen LogP contribution in [0.1, 0.15) is 70.7 Å². The van der Waals surface area contributed by atoms with Crippen molar-refractivity contribution in [3.05, 3.63) is 17.2 Å². The Balaban J connectivity index is 2.13. The van der Waals surface area contributed by atoms with Gasteiger partial charge in [-0.1, -0.05) is 41.5 Å². The van der Waals surface area contributed by atoms with Crippen LogP contribution in [0.5, 0.6) is 0 Å². The van der Waals surface area contributed by atoms with Crippen LogP contribution in [0.25, 0.3) is 0 Å². The number of hydrogen-bond donors (Lipinski definition) is 1. The van der Waals surface area contributed by atoms with Crippen molar-refractivity contribution in [1.29, 1.82) is 0 Å². The Hall–Kier alpha value is -0.830. The molecule has 3 heteroatoms. The minimum absolute atomic E-state index is 0.371. The largest absolute Gasteiger partial charge is 0.327 e. The molecule has 0 aromatic carbocycles. The van der Waals surface area contributed by atoms with Crippen molar-refractivity contribution in [2.24, 2.45) is 10.8 Å². The molecule has 3 rings (SSSR count). The van der Waals surface area contributed by atoms with Crippen LogP contribution in [0.3, 0.4) is 0 Å². The lowest BCUT2D eigenvalue weighted by atomic mass is 10.0. The van der Waals surface area contributed by atoms with Crippen molar-refractivity contribution < 1.29 is 0 Å². The SMILES string of the molecule is CC(C)c1nc2c(n1C1C(C)(C)C1(C)C)CCNC2. The second-order valence-electron chi connectivity index (χ2n) is 7.66. The Kier molecular flexibility index (Phi) is 2.66. The number of rotatable bonds is 2. The van der Waals surface area contributed by atoms with E-state index < -0.39 is 0 Å². The first-order valence-electron chi connectivity index (χ1n) is 7.59. The maximum atomic E-state index is 4.94. The number of hydrogen-bond acceptors (Lipinski definition) is 2. The second kappa shape index (κ2) is 3.85. The predicted octanol–water partition coefficient (Wildman–Crippen LogP) is 3.26. The van der Waals surface area contributed by atoms with E-state index in [1.807, 2.05) is 0 Å². The van der Waals surface area contributed by atoms with Gasteiger partial charge in [0.1, 0.15) is 5.82 Å². The zero-order valence-corrected chi connectivity index (χ0v) is 13.2. The molecule has 1 aromatic rings. The molecule has 2 heterocycles. The molecule has 106 valence electrons. The summed E-state index contributed by atoms with van der Waals surface area (Å²) in [6, 6.07) is 0.603. The third kappa shape index (κ3) is 1.63. The van der Waals surface area contributed by atoms with E-state index in [0.717, 1.165) is 19.5 Å². The molecular weight excluding hydrogens is 234 g/mol. The first-order chi connectivity index (χ1) is 8.78. The minimum atomic E-state index is 0.371. The number of fused-ring (bicyclic) bond motifs is 1. The molecule has 0 spiro atoms. The zero-order chi connectivity index (χ0) is 14.0. The molecule has 19 heavy (non-hydrogen) atoms. The molecule has 2 aliphatic rings. The molecule has 1 saturated carbocycles. The summed E-state index contributed by atoms with van der Waals surface area (Å²) in [5.41, 5.74) is 3.52. The van der Waals surface area contributed by atoms with E-state index in [-0.39, 0.29) is 0 Å². The molecule has 1 aromatic heterocycles. The van der Waals surface area contributed by atoms with Gasteiger partial charge in [0.2, 0.25) is 0 Å². The van der Waals surface area contributed by atoms with Gasteiger partial charge in [0.05, 0.1) is 5.69 Å². The van der Waals surface area contributed by atoms with Crippen molar-refractivity contribution in [1.82, 2.24) is 14.9 Å². The van der Waals surface area contributed by atoms with Crippen LogP contribution in [-0.2, 0) is 13.0 Å². The quantitative estimate of drug-likeness (QED) is 0.885. The summed E-state index contributed by atoms with van der Waals surface area (Å²) in [5, 5.41) is 3.45. The van der Waals surface area contributed by atoms with Crippen LogP contribution in [0, 0.1) is 10.8 Å². The molecule has 1 N–H and O–H groups in total. The zero-order valence-electron chi connectivity index (χ0n) is 13.2. The molecule has 0 radical (unpaired) electrons. The number of imidazole rings is 1. The van der Waals surface area contributed by atoms with Crippen LogP contribution in [0.2, 0.25) is 0 Å². The van der Waals surface area contributed by atoms with Gasteiger partial charge in [-0.15, -0.1) is 0 Å². The van der Waals surface area contributed by atoms with E-state index in [4.69, 9.17) is 4.98 Å². The molecule has 1 aliphatic heterocycles. The van der Waals surface area contributed by atoms with Crippen LogP contribution < -0.4 is 5.32 Å². The highest BCUT2D eigenvalue weighted by atomic mass is 15.2. The maximum Gasteiger partial charge on any atom is 0.112 e. The minimum Gasteiger partial charge on any atom is -0.327 e. The topological polar surface area (TPSA) is 29.9 Å². The molecule has 0 saturated heterocycles. The summed E-state index contributed by atoms with van der Waals surface area (Å²) >= 11 is 0. The fourth-order valence-corrected chi connectivity index (χ4v) is 3.86. The number of nitrogens with one attached hydrogen (secondary N) is 1. The highest BCUT2D eigenvalue weighted by Gasteiger charge is 2.66. The van der Waals surface area contributed by atoms with Crippen LogP contribution >= 0.6 is 0 Å². The van der Waals surface area contributed by atoms with Gasteiger partial charge in [0.15, 0.2) is 0 Å². The molecule has 1 aliphatic carbocycles. The molecule has 0 amide bonds. The molecular formula is C16H27N3. The van der Waals surface area contributed by atoms with E-state index in [0.29, 0.717) is 22.8 Å². The summed E-state index contributed by atoms with van der Waals surface area (Å²) in [4.78, 5) is 4.94. The maximum absolute atomic E-state index is 4.94. The molecule has 0 atom stereocenters. The first kappa shape index (κ1) is 13.2. The summed E-state index contributed by atoms with van der Waals surface area (Å²) in [6.45, 7) is 16.1. The van der Waals surface area contributed by atoms with Crippen molar-refractivity contribution in [3.8, 4) is 0 Å². The Bertz CT molecular complexity index is 494. The van der Waals surface area contributed by atoms with E-state index in [1.54, 1.807) is 0 Å². The van der Waals surface area contributed by atoms with Crippen molar-refractivity contribution >= 4 is 0 Å². The Morgan fingerprint density at radius 3 is 2.37 bits per heavy atom. The highest BCUT2D eigenvalue weighted by Crippen LogP contribution is 2.72. The molecule has 0 bridgehead atoms. The van der Waals surface area contributed by atoms with Crippen LogP contribution in [0.4, 0.5) is 0 Å². The average molecular weight is 261 g/mol. The lowest BCUT2D eigenvalue weighted by molar-refractivity contribution is 0.457. The van der Waals surface area contributed by atoms with Crippen molar-refractivity contribution in [3.63, 3.8) is 0 Å². The summed E-state index contributed by atoms with van der Waals surface area (Å²) in [5.74, 6) is 1.79. The fraction of sp³-hybridized carbons (Fsp3) is 0.812. The van der Waals surface area contributed by atoms with Crippen molar-refractivity contribution in [2.45, 2.75) is 66.5 Å². The summed E-state index contributed by atoms with van der Waals surface area (Å²) in [6.07, 6.45) is 1.12. The van der Waals surface area contributed by atoms with Gasteiger partial charge < -0.3 is 9.88 Å². The standard InChI is InChI=1S/C16H27N3/c1-10(2)13-18-11-9-17-8-7-12(11)19(13)14-15(3,4)16(14,5)6/h10,14,17H,7-9H2,1-6H3. The number of nitrogens with zero attached hydrogens (tertiary/aromatic N) is 2. The molecule has 0 unspecified atom stereocenters. The van der Waals surface area contributed by atoms with Gasteiger partial charge >= 0.3 is 0 Å². The van der Waals surface area contributed by atoms with Gasteiger partial charge in [-0.05, 0) is 10.8 Å². The normalized spacial score (nSPS) is 24.6. The number of aromatic nitrogens is 2. The lowest BCUT2D eigenvalue weighted by Crippen LogP contribution is -2.25. The van der Waals surface area contributed by atoms with Crippen molar-refractivity contribution in [2.75, 3.05) is 6.54 Å². The van der Waals surface area contributed by atoms with Gasteiger partial charge in [-0.3, -0.25) is 0 Å². The van der Waals surface area contributed by atoms with E-state index in [2.05, 4.69) is 51.4 Å². The predicted molar refractivity (Wildman–Crippen MR) is 78.3 cm³/mol. The van der Waals surface area contributed by atoms with Gasteiger partial charge in [-0.2, -0.15) is 0 Å². The summed E-state index contributed by atoms with van der Waals surface area (Å²) in [7, 11) is 0. The monoisotopic (exact) mass is 261 g/mol. The molecule has 1 fully saturated rings. The first-order valence-corrected chi connectivity index (χ1v) is 7.59. The van der Waals surface area contributed by atoms with Crippen LogP contribution in [0.15, 0.2) is 0 Å². The average Bonchev–Trinajstić information content (AvgIpc) is 2.63. The van der Waals surface area contributed by atoms with E-state index in [1.165, 1.54) is 17.2 Å². The Morgan fingerprint density at radius 1 is 1.21 bits per heavy atom. The van der Waals surface area contributed by atoms with Gasteiger partial charge in [0, 0.05) is 37.2 Å². The third-order valence-electron chi connectivity index (χ3n) is 5.67. The smallest absolute Gasteiger partial charge is 0.112 e. The van der Waals surface area contributed by atoms with Gasteiger partial charge in [-0.25, -0.2) is 4.98 Å². The highest BCUT2D eigenvalue weighted by molar-refractivity contribution is 5.29. The van der Waals surface area contributed by atoms with Crippen LogP contribution in [-0.4, -0.2) is 16.1 Å². The Labute approximate surface area is 116 Å². The Morgan fingerprint density at radius 2 is 1.84 bits per heavy atom. The third-order valence-corrected chi connectivity index (χ3v) is 5.67. The fourth-order valence-electron chi connectivity index (χ4n) is 3.86. The molecule has 3 nitrogen and oxygen atoms in total. The van der Waals surface area contributed by atoms with E-state index in [9.17, 15) is 0 Å². The lowest BCUT2D eigenvalue weighted by Gasteiger charge is -2.19. The van der Waals surface area contributed by atoms with E-state index >= 15 is 0 Å². The summed E-state index contributed by atoms with van der Waals surface area (Å²) < 4.78 is 2.60.